The summed E-state index contributed by atoms with van der Waals surface area (Å²) in [5.74, 6) is 0.0682. The standard InChI is InChI=1S/C25H27ClN2O2S/c1-5-11-27-21-14-20(26)17(12-19(21)16(2)15-25(27,3)4)13-22-23(29)28(24(30)31-22)18-9-7-6-8-10-18/h6-10,12-14,16H,5,11,15H2,1-4H3/b22-13+. The molecule has 1 fully saturated rings. The second-order valence-electron chi connectivity index (χ2n) is 8.85. The largest absolute Gasteiger partial charge is 0.366 e. The summed E-state index contributed by atoms with van der Waals surface area (Å²) in [5.41, 5.74) is 3.83. The molecule has 0 N–H and O–H groups in total. The van der Waals surface area contributed by atoms with E-state index in [4.69, 9.17) is 11.6 Å². The normalized spacial score (nSPS) is 21.7. The number of para-hydroxylation sites is 1. The first-order valence-corrected chi connectivity index (χ1v) is 11.9. The first-order valence-electron chi connectivity index (χ1n) is 10.7. The second kappa shape index (κ2) is 8.36. The van der Waals surface area contributed by atoms with E-state index in [-0.39, 0.29) is 16.7 Å². The van der Waals surface area contributed by atoms with Gasteiger partial charge in [-0.25, -0.2) is 4.90 Å². The van der Waals surface area contributed by atoms with Crippen molar-refractivity contribution >= 4 is 52.0 Å². The quantitative estimate of drug-likeness (QED) is 0.462. The van der Waals surface area contributed by atoms with Gasteiger partial charge in [-0.3, -0.25) is 9.59 Å². The number of nitrogens with zero attached hydrogens (tertiary/aromatic N) is 2. The fourth-order valence-corrected chi connectivity index (χ4v) is 5.73. The third-order valence-electron chi connectivity index (χ3n) is 6.05. The number of halogens is 1. The molecule has 4 nitrogen and oxygen atoms in total. The number of benzene rings is 2. The summed E-state index contributed by atoms with van der Waals surface area (Å²) in [4.78, 5) is 29.6. The number of hydrogen-bond donors (Lipinski definition) is 0. The van der Waals surface area contributed by atoms with Gasteiger partial charge in [-0.2, -0.15) is 0 Å². The van der Waals surface area contributed by atoms with E-state index in [9.17, 15) is 9.59 Å². The van der Waals surface area contributed by atoms with Crippen molar-refractivity contribution in [3.05, 3.63) is 63.5 Å². The van der Waals surface area contributed by atoms with Gasteiger partial charge in [0.1, 0.15) is 0 Å². The summed E-state index contributed by atoms with van der Waals surface area (Å²) < 4.78 is 0. The van der Waals surface area contributed by atoms with Crippen LogP contribution in [-0.2, 0) is 4.79 Å². The van der Waals surface area contributed by atoms with Crippen LogP contribution in [0.15, 0.2) is 47.4 Å². The molecule has 0 spiro atoms. The molecule has 162 valence electrons. The van der Waals surface area contributed by atoms with Gasteiger partial charge >= 0.3 is 0 Å². The topological polar surface area (TPSA) is 40.6 Å². The number of carbonyl (C=O) groups excluding carboxylic acids is 2. The summed E-state index contributed by atoms with van der Waals surface area (Å²) in [7, 11) is 0. The van der Waals surface area contributed by atoms with Crippen molar-refractivity contribution in [3.8, 4) is 0 Å². The minimum absolute atomic E-state index is 0.0611. The van der Waals surface area contributed by atoms with Gasteiger partial charge in [0, 0.05) is 22.8 Å². The molecule has 0 aliphatic carbocycles. The van der Waals surface area contributed by atoms with Gasteiger partial charge < -0.3 is 4.90 Å². The maximum atomic E-state index is 13.0. The van der Waals surface area contributed by atoms with Crippen LogP contribution in [0.5, 0.6) is 0 Å². The smallest absolute Gasteiger partial charge is 0.298 e. The lowest BCUT2D eigenvalue weighted by Gasteiger charge is -2.47. The minimum atomic E-state index is -0.309. The molecule has 1 atom stereocenters. The highest BCUT2D eigenvalue weighted by Gasteiger charge is 2.38. The van der Waals surface area contributed by atoms with Gasteiger partial charge in [0.15, 0.2) is 0 Å². The van der Waals surface area contributed by atoms with Crippen LogP contribution in [0.4, 0.5) is 16.2 Å². The van der Waals surface area contributed by atoms with E-state index in [1.165, 1.54) is 16.2 Å². The van der Waals surface area contributed by atoms with Gasteiger partial charge in [-0.1, -0.05) is 43.6 Å². The Morgan fingerprint density at radius 1 is 1.19 bits per heavy atom. The zero-order valence-electron chi connectivity index (χ0n) is 18.3. The molecular weight excluding hydrogens is 428 g/mol. The predicted molar refractivity (Wildman–Crippen MR) is 131 cm³/mol. The van der Waals surface area contributed by atoms with Crippen molar-refractivity contribution in [3.63, 3.8) is 0 Å². The van der Waals surface area contributed by atoms with Gasteiger partial charge in [-0.15, -0.1) is 0 Å². The lowest BCUT2D eigenvalue weighted by molar-refractivity contribution is -0.113. The summed E-state index contributed by atoms with van der Waals surface area (Å²) in [6, 6.07) is 13.1. The lowest BCUT2D eigenvalue weighted by Crippen LogP contribution is -2.48. The zero-order valence-corrected chi connectivity index (χ0v) is 19.9. The van der Waals surface area contributed by atoms with Crippen molar-refractivity contribution < 1.29 is 9.59 Å². The molecule has 1 saturated heterocycles. The van der Waals surface area contributed by atoms with Crippen LogP contribution in [0.1, 0.15) is 57.6 Å². The number of thioether (sulfide) groups is 1. The van der Waals surface area contributed by atoms with Crippen LogP contribution >= 0.6 is 23.4 Å². The lowest BCUT2D eigenvalue weighted by atomic mass is 9.79. The Balaban J connectivity index is 1.72. The van der Waals surface area contributed by atoms with E-state index >= 15 is 0 Å². The molecule has 0 bridgehead atoms. The third kappa shape index (κ3) is 4.01. The van der Waals surface area contributed by atoms with Crippen LogP contribution in [0, 0.1) is 0 Å². The number of rotatable bonds is 4. The van der Waals surface area contributed by atoms with Crippen molar-refractivity contribution in [2.75, 3.05) is 16.3 Å². The fourth-order valence-electron chi connectivity index (χ4n) is 4.69. The predicted octanol–water partition coefficient (Wildman–Crippen LogP) is 7.08. The van der Waals surface area contributed by atoms with Crippen LogP contribution < -0.4 is 9.80 Å². The van der Waals surface area contributed by atoms with Crippen LogP contribution in [0.25, 0.3) is 6.08 Å². The van der Waals surface area contributed by atoms with E-state index in [0.717, 1.165) is 36.7 Å². The molecule has 2 aromatic carbocycles. The van der Waals surface area contributed by atoms with E-state index in [1.54, 1.807) is 18.2 Å². The Bertz CT molecular complexity index is 1060. The summed E-state index contributed by atoms with van der Waals surface area (Å²) in [5, 5.41) is 0.303. The molecule has 2 aliphatic rings. The fraction of sp³-hybridized carbons (Fsp3) is 0.360. The maximum Gasteiger partial charge on any atom is 0.298 e. The summed E-state index contributed by atoms with van der Waals surface area (Å²) >= 11 is 7.65. The van der Waals surface area contributed by atoms with Crippen LogP contribution in [0.3, 0.4) is 0 Å². The molecule has 0 aromatic heterocycles. The first-order chi connectivity index (χ1) is 14.7. The average molecular weight is 455 g/mol. The van der Waals surface area contributed by atoms with E-state index < -0.39 is 0 Å². The highest BCUT2D eigenvalue weighted by Crippen LogP contribution is 2.46. The van der Waals surface area contributed by atoms with Gasteiger partial charge in [0.25, 0.3) is 11.1 Å². The summed E-state index contributed by atoms with van der Waals surface area (Å²) in [6.45, 7) is 9.96. The molecule has 0 radical (unpaired) electrons. The van der Waals surface area contributed by atoms with Gasteiger partial charge in [-0.05, 0) is 85.8 Å². The van der Waals surface area contributed by atoms with Crippen molar-refractivity contribution in [2.45, 2.75) is 52.0 Å². The number of imide groups is 1. The molecule has 0 saturated carbocycles. The molecule has 2 aromatic rings. The molecule has 4 rings (SSSR count). The van der Waals surface area contributed by atoms with E-state index in [1.807, 2.05) is 24.3 Å². The highest BCUT2D eigenvalue weighted by atomic mass is 35.5. The Morgan fingerprint density at radius 3 is 2.58 bits per heavy atom. The van der Waals surface area contributed by atoms with Crippen LogP contribution in [0.2, 0.25) is 5.02 Å². The monoisotopic (exact) mass is 454 g/mol. The summed E-state index contributed by atoms with van der Waals surface area (Å²) in [6.07, 6.45) is 3.86. The zero-order chi connectivity index (χ0) is 22.3. The molecule has 31 heavy (non-hydrogen) atoms. The van der Waals surface area contributed by atoms with Crippen molar-refractivity contribution in [1.82, 2.24) is 0 Å². The Labute approximate surface area is 193 Å². The van der Waals surface area contributed by atoms with E-state index in [2.05, 4.69) is 38.7 Å². The average Bonchev–Trinajstić information content (AvgIpc) is 2.99. The molecular formula is C25H27ClN2O2S. The van der Waals surface area contributed by atoms with Crippen molar-refractivity contribution in [2.24, 2.45) is 0 Å². The maximum absolute atomic E-state index is 13.0. The second-order valence-corrected chi connectivity index (χ2v) is 10.3. The first kappa shape index (κ1) is 22.0. The van der Waals surface area contributed by atoms with E-state index in [0.29, 0.717) is 21.5 Å². The Morgan fingerprint density at radius 2 is 1.90 bits per heavy atom. The Hall–Kier alpha value is -2.24. The minimum Gasteiger partial charge on any atom is -0.366 e. The number of carbonyl (C=O) groups is 2. The van der Waals surface area contributed by atoms with Gasteiger partial charge in [0.2, 0.25) is 0 Å². The number of fused-ring (bicyclic) bond motifs is 1. The van der Waals surface area contributed by atoms with Gasteiger partial charge in [0.05, 0.1) is 10.6 Å². The van der Waals surface area contributed by atoms with Crippen molar-refractivity contribution in [1.29, 1.82) is 0 Å². The highest BCUT2D eigenvalue weighted by molar-refractivity contribution is 8.19. The number of anilines is 2. The molecule has 2 aliphatic heterocycles. The number of amides is 2. The molecule has 6 heteroatoms. The third-order valence-corrected chi connectivity index (χ3v) is 7.24. The molecule has 2 heterocycles. The molecule has 1 unspecified atom stereocenters. The number of hydrogen-bond acceptors (Lipinski definition) is 4. The van der Waals surface area contributed by atoms with Crippen LogP contribution in [-0.4, -0.2) is 23.2 Å². The Kier molecular flexibility index (Phi) is 5.93. The molecule has 2 amide bonds. The SMILES string of the molecule is CCCN1c2cc(Cl)c(/C=C3/SC(=O)N(c4ccccc4)C3=O)cc2C(C)CC1(C)C.